The molecule has 0 radical (unpaired) electrons. The van der Waals surface area contributed by atoms with Crippen LogP contribution in [0, 0.1) is 5.92 Å². The van der Waals surface area contributed by atoms with Crippen LogP contribution in [0.15, 0.2) is 12.2 Å². The lowest BCUT2D eigenvalue weighted by molar-refractivity contribution is -0.146. The first kappa shape index (κ1) is 20.7. The molecule has 1 saturated heterocycles. The molecule has 0 bridgehead atoms. The second-order valence-corrected chi connectivity index (χ2v) is 7.03. The molecule has 134 valence electrons. The van der Waals surface area contributed by atoms with Crippen LogP contribution in [0.5, 0.6) is 0 Å². The third-order valence-corrected chi connectivity index (χ3v) is 4.88. The molecule has 0 aliphatic carbocycles. The highest BCUT2D eigenvalue weighted by Gasteiger charge is 2.47. The van der Waals surface area contributed by atoms with E-state index in [-0.39, 0.29) is 18.0 Å². The molecule has 0 N–H and O–H groups in total. The summed E-state index contributed by atoms with van der Waals surface area (Å²) in [4.78, 5) is 12.0. The molecule has 0 saturated carbocycles. The Balaban J connectivity index is 2.18. The van der Waals surface area contributed by atoms with E-state index in [4.69, 9.17) is 9.47 Å². The van der Waals surface area contributed by atoms with Crippen molar-refractivity contribution in [2.75, 3.05) is 12.4 Å². The lowest BCUT2D eigenvalue weighted by Gasteiger charge is -2.12. The highest BCUT2D eigenvalue weighted by molar-refractivity contribution is 9.09. The number of alkyl halides is 1. The summed E-state index contributed by atoms with van der Waals surface area (Å²) >= 11 is 3.38. The molecule has 3 atom stereocenters. The quantitative estimate of drug-likeness (QED) is 0.131. The first-order chi connectivity index (χ1) is 11.2. The van der Waals surface area contributed by atoms with Gasteiger partial charge in [-0.1, -0.05) is 73.5 Å². The van der Waals surface area contributed by atoms with Crippen LogP contribution in [0.3, 0.4) is 0 Å². The monoisotopic (exact) mass is 388 g/mol. The van der Waals surface area contributed by atoms with E-state index < -0.39 is 0 Å². The molecule has 0 aromatic heterocycles. The van der Waals surface area contributed by atoms with Gasteiger partial charge in [-0.25, -0.2) is 0 Å². The van der Waals surface area contributed by atoms with E-state index in [1.54, 1.807) is 0 Å². The maximum absolute atomic E-state index is 12.0. The van der Waals surface area contributed by atoms with Crippen LogP contribution in [-0.4, -0.2) is 30.6 Å². The van der Waals surface area contributed by atoms with E-state index in [0.717, 1.165) is 31.0 Å². The number of carbonyl (C=O) groups is 1. The Kier molecular flexibility index (Phi) is 11.7. The molecule has 0 spiro atoms. The Morgan fingerprint density at radius 2 is 1.96 bits per heavy atom. The van der Waals surface area contributed by atoms with Crippen LogP contribution in [0.4, 0.5) is 0 Å². The highest BCUT2D eigenvalue weighted by Crippen LogP contribution is 2.36. The minimum absolute atomic E-state index is 0.0556. The number of unbranched alkanes of at least 4 members (excludes halogenated alkanes) is 6. The van der Waals surface area contributed by atoms with Gasteiger partial charge in [-0.15, -0.1) is 0 Å². The molecule has 1 heterocycles. The van der Waals surface area contributed by atoms with Gasteiger partial charge in [0, 0.05) is 5.33 Å². The standard InChI is InChI=1S/C19H33BrO3/c1-3-4-10-14-17-18(23-17)16(19(21)22-2)13-11-8-6-5-7-9-12-15-20/h9,12,16-18H,3-8,10-11,13-15H2,1-2H3. The first-order valence-electron chi connectivity index (χ1n) is 9.18. The molecule has 1 aliphatic rings. The second kappa shape index (κ2) is 13.0. The molecule has 1 fully saturated rings. The number of esters is 1. The number of ether oxygens (including phenoxy) is 2. The molecule has 0 aromatic rings. The largest absolute Gasteiger partial charge is 0.469 e. The van der Waals surface area contributed by atoms with E-state index in [9.17, 15) is 4.79 Å². The Morgan fingerprint density at radius 1 is 1.17 bits per heavy atom. The second-order valence-electron chi connectivity index (χ2n) is 6.38. The minimum Gasteiger partial charge on any atom is -0.469 e. The number of allylic oxidation sites excluding steroid dienone is 2. The fourth-order valence-corrected chi connectivity index (χ4v) is 3.33. The van der Waals surface area contributed by atoms with Crippen molar-refractivity contribution in [1.82, 2.24) is 0 Å². The van der Waals surface area contributed by atoms with Crippen LogP contribution >= 0.6 is 15.9 Å². The Hall–Kier alpha value is -0.350. The van der Waals surface area contributed by atoms with Gasteiger partial charge in [-0.3, -0.25) is 4.79 Å². The number of halogens is 1. The summed E-state index contributed by atoms with van der Waals surface area (Å²) in [7, 11) is 1.49. The Bertz CT molecular complexity index is 344. The Morgan fingerprint density at radius 3 is 2.65 bits per heavy atom. The van der Waals surface area contributed by atoms with E-state index in [1.807, 2.05) is 0 Å². The number of rotatable bonds is 14. The Labute approximate surface area is 150 Å². The third-order valence-electron chi connectivity index (χ3n) is 4.51. The normalized spacial score (nSPS) is 21.5. The van der Waals surface area contributed by atoms with Gasteiger partial charge < -0.3 is 9.47 Å². The van der Waals surface area contributed by atoms with Gasteiger partial charge >= 0.3 is 5.97 Å². The van der Waals surface area contributed by atoms with Crippen LogP contribution in [0.2, 0.25) is 0 Å². The smallest absolute Gasteiger partial charge is 0.311 e. The van der Waals surface area contributed by atoms with Crippen LogP contribution in [0.25, 0.3) is 0 Å². The summed E-state index contributed by atoms with van der Waals surface area (Å²) in [5, 5.41) is 0.939. The molecule has 4 heteroatoms. The number of carbonyl (C=O) groups excluding carboxylic acids is 1. The summed E-state index contributed by atoms with van der Waals surface area (Å²) in [6.45, 7) is 2.21. The zero-order chi connectivity index (χ0) is 16.9. The maximum atomic E-state index is 12.0. The fraction of sp³-hybridized carbons (Fsp3) is 0.842. The van der Waals surface area contributed by atoms with Crippen molar-refractivity contribution in [3.8, 4) is 0 Å². The first-order valence-corrected chi connectivity index (χ1v) is 10.3. The summed E-state index contributed by atoms with van der Waals surface area (Å²) in [6, 6.07) is 0. The predicted octanol–water partition coefficient (Wildman–Crippen LogP) is 5.42. The minimum atomic E-state index is -0.0896. The van der Waals surface area contributed by atoms with Crippen molar-refractivity contribution in [3.63, 3.8) is 0 Å². The molecule has 1 aliphatic heterocycles. The number of hydrogen-bond donors (Lipinski definition) is 0. The SMILES string of the molecule is CCCCCC1OC1C(CCCCCCC=CCBr)C(=O)OC. The zero-order valence-electron chi connectivity index (χ0n) is 14.8. The molecular formula is C19H33BrO3. The van der Waals surface area contributed by atoms with Gasteiger partial charge in [0.05, 0.1) is 25.2 Å². The highest BCUT2D eigenvalue weighted by atomic mass is 79.9. The molecular weight excluding hydrogens is 356 g/mol. The molecule has 3 nitrogen and oxygen atoms in total. The maximum Gasteiger partial charge on any atom is 0.311 e. The van der Waals surface area contributed by atoms with E-state index >= 15 is 0 Å². The number of methoxy groups -OCH3 is 1. The van der Waals surface area contributed by atoms with Gasteiger partial charge in [-0.05, 0) is 25.7 Å². The van der Waals surface area contributed by atoms with Crippen LogP contribution < -0.4 is 0 Å². The summed E-state index contributed by atoms with van der Waals surface area (Å²) in [5.41, 5.74) is 0. The summed E-state index contributed by atoms with van der Waals surface area (Å²) < 4.78 is 10.7. The van der Waals surface area contributed by atoms with Crippen molar-refractivity contribution >= 4 is 21.9 Å². The zero-order valence-corrected chi connectivity index (χ0v) is 16.4. The molecule has 23 heavy (non-hydrogen) atoms. The van der Waals surface area contributed by atoms with Gasteiger partial charge in [-0.2, -0.15) is 0 Å². The molecule has 3 unspecified atom stereocenters. The topological polar surface area (TPSA) is 38.8 Å². The van der Waals surface area contributed by atoms with Crippen LogP contribution in [-0.2, 0) is 14.3 Å². The lowest BCUT2D eigenvalue weighted by Crippen LogP contribution is -2.23. The van der Waals surface area contributed by atoms with Crippen molar-refractivity contribution in [3.05, 3.63) is 12.2 Å². The van der Waals surface area contributed by atoms with Crippen molar-refractivity contribution < 1.29 is 14.3 Å². The van der Waals surface area contributed by atoms with Gasteiger partial charge in [0.1, 0.15) is 0 Å². The fourth-order valence-electron chi connectivity index (χ4n) is 3.07. The van der Waals surface area contributed by atoms with E-state index in [2.05, 4.69) is 35.0 Å². The molecule has 1 rings (SSSR count). The van der Waals surface area contributed by atoms with E-state index in [0.29, 0.717) is 6.10 Å². The van der Waals surface area contributed by atoms with Crippen molar-refractivity contribution in [1.29, 1.82) is 0 Å². The summed E-state index contributed by atoms with van der Waals surface area (Å²) in [5.74, 6) is -0.145. The van der Waals surface area contributed by atoms with Gasteiger partial charge in [0.2, 0.25) is 0 Å². The molecule has 0 aromatic carbocycles. The predicted molar refractivity (Wildman–Crippen MR) is 98.9 cm³/mol. The van der Waals surface area contributed by atoms with Gasteiger partial charge in [0.25, 0.3) is 0 Å². The number of epoxide rings is 1. The average molecular weight is 389 g/mol. The average Bonchev–Trinajstić information content (AvgIpc) is 3.32. The van der Waals surface area contributed by atoms with Crippen molar-refractivity contribution in [2.24, 2.45) is 5.92 Å². The van der Waals surface area contributed by atoms with Crippen LogP contribution in [0.1, 0.15) is 71.1 Å². The molecule has 0 amide bonds. The third kappa shape index (κ3) is 8.90. The summed E-state index contributed by atoms with van der Waals surface area (Å²) in [6.07, 6.45) is 16.3. The van der Waals surface area contributed by atoms with Crippen molar-refractivity contribution in [2.45, 2.75) is 83.3 Å². The lowest BCUT2D eigenvalue weighted by atomic mass is 9.94. The number of hydrogen-bond acceptors (Lipinski definition) is 3. The van der Waals surface area contributed by atoms with E-state index in [1.165, 1.54) is 45.6 Å². The van der Waals surface area contributed by atoms with Gasteiger partial charge in [0.15, 0.2) is 0 Å².